The summed E-state index contributed by atoms with van der Waals surface area (Å²) in [5.41, 5.74) is 2.74. The Morgan fingerprint density at radius 2 is 1.73 bits per heavy atom. The number of rotatable bonds is 2. The number of benzene rings is 2. The summed E-state index contributed by atoms with van der Waals surface area (Å²) < 4.78 is 0. The second-order valence-electron chi connectivity index (χ2n) is 6.80. The van der Waals surface area contributed by atoms with Crippen LogP contribution >= 0.6 is 0 Å². The van der Waals surface area contributed by atoms with Crippen LogP contribution in [0.3, 0.4) is 0 Å². The number of carbonyl (C=O) groups excluding carboxylic acids is 1. The van der Waals surface area contributed by atoms with Crippen LogP contribution in [-0.4, -0.2) is 5.91 Å². The van der Waals surface area contributed by atoms with Gasteiger partial charge in [0, 0.05) is 5.92 Å². The zero-order chi connectivity index (χ0) is 14.9. The highest BCUT2D eigenvalue weighted by atomic mass is 16.1. The van der Waals surface area contributed by atoms with E-state index in [0.717, 1.165) is 25.7 Å². The van der Waals surface area contributed by atoms with Gasteiger partial charge in [0.2, 0.25) is 5.91 Å². The Bertz CT molecular complexity index is 695. The summed E-state index contributed by atoms with van der Waals surface area (Å²) in [6, 6.07) is 13.2. The molecule has 1 amide bonds. The van der Waals surface area contributed by atoms with Crippen LogP contribution in [-0.2, 0) is 11.2 Å². The summed E-state index contributed by atoms with van der Waals surface area (Å²) in [5, 5.41) is 6.01. The fourth-order valence-electron chi connectivity index (χ4n) is 4.21. The van der Waals surface area contributed by atoms with E-state index in [1.165, 1.54) is 41.2 Å². The van der Waals surface area contributed by atoms with Gasteiger partial charge < -0.3 is 5.32 Å². The van der Waals surface area contributed by atoms with Gasteiger partial charge in [-0.05, 0) is 47.6 Å². The molecule has 2 aliphatic carbocycles. The monoisotopic (exact) mass is 293 g/mol. The van der Waals surface area contributed by atoms with Crippen molar-refractivity contribution in [3.05, 3.63) is 47.5 Å². The van der Waals surface area contributed by atoms with E-state index in [9.17, 15) is 4.79 Å². The van der Waals surface area contributed by atoms with Crippen LogP contribution in [0.1, 0.15) is 55.7 Å². The molecule has 2 heteroatoms. The summed E-state index contributed by atoms with van der Waals surface area (Å²) in [4.78, 5) is 12.6. The summed E-state index contributed by atoms with van der Waals surface area (Å²) in [6.07, 6.45) is 7.93. The Morgan fingerprint density at radius 3 is 2.55 bits per heavy atom. The van der Waals surface area contributed by atoms with E-state index in [0.29, 0.717) is 0 Å². The fourth-order valence-corrected chi connectivity index (χ4v) is 4.21. The molecule has 1 fully saturated rings. The van der Waals surface area contributed by atoms with Crippen molar-refractivity contribution in [1.82, 2.24) is 5.32 Å². The highest BCUT2D eigenvalue weighted by Gasteiger charge is 2.27. The maximum atomic E-state index is 12.6. The SMILES string of the molecule is O=C(NC1CCc2cccc3cccc1c23)C1CCCCC1. The average Bonchev–Trinajstić information content (AvgIpc) is 2.58. The van der Waals surface area contributed by atoms with Crippen molar-refractivity contribution in [3.63, 3.8) is 0 Å². The quantitative estimate of drug-likeness (QED) is 0.866. The molecule has 0 spiro atoms. The summed E-state index contributed by atoms with van der Waals surface area (Å²) in [6.45, 7) is 0. The lowest BCUT2D eigenvalue weighted by atomic mass is 9.84. The fraction of sp³-hybridized carbons (Fsp3) is 0.450. The van der Waals surface area contributed by atoms with Crippen molar-refractivity contribution in [2.75, 3.05) is 0 Å². The van der Waals surface area contributed by atoms with E-state index < -0.39 is 0 Å². The molecule has 0 radical (unpaired) electrons. The Labute approximate surface area is 131 Å². The second kappa shape index (κ2) is 5.75. The number of nitrogens with one attached hydrogen (secondary N) is 1. The lowest BCUT2D eigenvalue weighted by Gasteiger charge is -2.29. The maximum absolute atomic E-state index is 12.6. The number of carbonyl (C=O) groups is 1. The Balaban J connectivity index is 1.61. The van der Waals surface area contributed by atoms with Crippen LogP contribution in [0.15, 0.2) is 36.4 Å². The predicted octanol–water partition coefficient (Wildman–Crippen LogP) is 4.52. The Kier molecular flexibility index (Phi) is 3.61. The third-order valence-electron chi connectivity index (χ3n) is 5.39. The van der Waals surface area contributed by atoms with Crippen molar-refractivity contribution >= 4 is 16.7 Å². The molecule has 1 saturated carbocycles. The number of amides is 1. The molecule has 2 aliphatic rings. The van der Waals surface area contributed by atoms with Gasteiger partial charge in [0.15, 0.2) is 0 Å². The summed E-state index contributed by atoms with van der Waals surface area (Å²) in [5.74, 6) is 0.520. The molecule has 0 aromatic heterocycles. The molecule has 4 rings (SSSR count). The predicted molar refractivity (Wildman–Crippen MR) is 89.7 cm³/mol. The molecule has 2 aromatic carbocycles. The van der Waals surface area contributed by atoms with Gasteiger partial charge in [0.25, 0.3) is 0 Å². The van der Waals surface area contributed by atoms with Gasteiger partial charge in [-0.2, -0.15) is 0 Å². The highest BCUT2D eigenvalue weighted by molar-refractivity contribution is 5.90. The van der Waals surface area contributed by atoms with E-state index in [4.69, 9.17) is 0 Å². The molecular weight excluding hydrogens is 270 g/mol. The molecule has 1 N–H and O–H groups in total. The van der Waals surface area contributed by atoms with E-state index in [2.05, 4.69) is 41.7 Å². The third kappa shape index (κ3) is 2.41. The first-order valence-corrected chi connectivity index (χ1v) is 8.64. The highest BCUT2D eigenvalue weighted by Crippen LogP contribution is 2.35. The molecule has 114 valence electrons. The standard InChI is InChI=1S/C20H23NO/c22-20(16-6-2-1-3-7-16)21-18-13-12-15-9-4-8-14-10-5-11-17(18)19(14)15/h4-5,8-11,16,18H,1-3,6-7,12-13H2,(H,21,22). The molecular formula is C20H23NO. The van der Waals surface area contributed by atoms with Crippen molar-refractivity contribution < 1.29 is 4.79 Å². The van der Waals surface area contributed by atoms with Crippen LogP contribution < -0.4 is 5.32 Å². The molecule has 2 nitrogen and oxygen atoms in total. The molecule has 0 aliphatic heterocycles. The molecule has 1 atom stereocenters. The lowest BCUT2D eigenvalue weighted by molar-refractivity contribution is -0.126. The van der Waals surface area contributed by atoms with Gasteiger partial charge in [0.1, 0.15) is 0 Å². The molecule has 0 bridgehead atoms. The number of hydrogen-bond acceptors (Lipinski definition) is 1. The molecule has 1 unspecified atom stereocenters. The van der Waals surface area contributed by atoms with E-state index in [1.54, 1.807) is 0 Å². The molecule has 22 heavy (non-hydrogen) atoms. The van der Waals surface area contributed by atoms with Gasteiger partial charge in [0.05, 0.1) is 6.04 Å². The minimum atomic E-state index is 0.188. The second-order valence-corrected chi connectivity index (χ2v) is 6.80. The zero-order valence-corrected chi connectivity index (χ0v) is 13.0. The van der Waals surface area contributed by atoms with Crippen LogP contribution in [0.25, 0.3) is 10.8 Å². The minimum absolute atomic E-state index is 0.188. The number of hydrogen-bond donors (Lipinski definition) is 1. The van der Waals surface area contributed by atoms with E-state index in [1.807, 2.05) is 0 Å². The third-order valence-corrected chi connectivity index (χ3v) is 5.39. The zero-order valence-electron chi connectivity index (χ0n) is 13.0. The van der Waals surface area contributed by atoms with Gasteiger partial charge in [-0.1, -0.05) is 55.7 Å². The molecule has 0 saturated heterocycles. The van der Waals surface area contributed by atoms with E-state index >= 15 is 0 Å². The van der Waals surface area contributed by atoms with Crippen molar-refractivity contribution in [3.8, 4) is 0 Å². The normalized spacial score (nSPS) is 21.7. The number of aryl methyl sites for hydroxylation is 1. The van der Waals surface area contributed by atoms with Crippen LogP contribution in [0.5, 0.6) is 0 Å². The topological polar surface area (TPSA) is 29.1 Å². The first kappa shape index (κ1) is 13.8. The first-order valence-electron chi connectivity index (χ1n) is 8.64. The van der Waals surface area contributed by atoms with Crippen molar-refractivity contribution in [2.45, 2.75) is 51.0 Å². The van der Waals surface area contributed by atoms with Crippen molar-refractivity contribution in [1.29, 1.82) is 0 Å². The first-order chi connectivity index (χ1) is 10.8. The van der Waals surface area contributed by atoms with E-state index in [-0.39, 0.29) is 17.9 Å². The Hall–Kier alpha value is -1.83. The van der Waals surface area contributed by atoms with Crippen LogP contribution in [0, 0.1) is 5.92 Å². The maximum Gasteiger partial charge on any atom is 0.223 e. The molecule has 0 heterocycles. The van der Waals surface area contributed by atoms with Gasteiger partial charge in [-0.3, -0.25) is 4.79 Å². The summed E-state index contributed by atoms with van der Waals surface area (Å²) >= 11 is 0. The van der Waals surface area contributed by atoms with Crippen molar-refractivity contribution in [2.24, 2.45) is 5.92 Å². The van der Waals surface area contributed by atoms with Gasteiger partial charge >= 0.3 is 0 Å². The largest absolute Gasteiger partial charge is 0.349 e. The van der Waals surface area contributed by atoms with Gasteiger partial charge in [-0.15, -0.1) is 0 Å². The average molecular weight is 293 g/mol. The lowest BCUT2D eigenvalue weighted by Crippen LogP contribution is -2.36. The summed E-state index contributed by atoms with van der Waals surface area (Å²) in [7, 11) is 0. The Morgan fingerprint density at radius 1 is 0.955 bits per heavy atom. The molecule has 2 aromatic rings. The van der Waals surface area contributed by atoms with Gasteiger partial charge in [-0.25, -0.2) is 0 Å². The van der Waals surface area contributed by atoms with Crippen LogP contribution in [0.4, 0.5) is 0 Å². The smallest absolute Gasteiger partial charge is 0.223 e. The van der Waals surface area contributed by atoms with Crippen LogP contribution in [0.2, 0.25) is 0 Å². The minimum Gasteiger partial charge on any atom is -0.349 e.